The van der Waals surface area contributed by atoms with E-state index in [1.165, 1.54) is 44.9 Å². The molecule has 0 unspecified atom stereocenters. The molecule has 0 aromatic rings. The van der Waals surface area contributed by atoms with Gasteiger partial charge in [0.1, 0.15) is 6.54 Å². The number of quaternary nitrogens is 1. The van der Waals surface area contributed by atoms with Crippen LogP contribution in [0.4, 0.5) is 0 Å². The van der Waals surface area contributed by atoms with E-state index in [9.17, 15) is 19.5 Å². The highest BCUT2D eigenvalue weighted by molar-refractivity contribution is 5.70. The van der Waals surface area contributed by atoms with Gasteiger partial charge in [0.2, 0.25) is 0 Å². The van der Waals surface area contributed by atoms with Crippen LogP contribution in [0.1, 0.15) is 103 Å². The van der Waals surface area contributed by atoms with Gasteiger partial charge in [-0.15, -0.1) is 0 Å². The number of ether oxygens (including phenoxy) is 1. The standard InChI is InChI=1S/C24H45NO6/c1-25(2,3)20-21(19-23(28)29)31-24(30)18-16-14-12-10-8-6-4-5-7-9-11-13-15-17-22(26)27/h21H,4-20H2,1-3H3,(H-,26,27,28,29)/t21-/m1/s1. The van der Waals surface area contributed by atoms with Crippen molar-refractivity contribution in [2.45, 2.75) is 109 Å². The largest absolute Gasteiger partial charge is 0.550 e. The molecule has 0 aliphatic rings. The second kappa shape index (κ2) is 18.0. The molecule has 0 aromatic heterocycles. The minimum atomic E-state index is -1.19. The van der Waals surface area contributed by atoms with Crippen LogP contribution in [-0.4, -0.2) is 61.3 Å². The molecule has 0 aliphatic carbocycles. The molecular formula is C24H45NO6. The molecule has 1 atom stereocenters. The maximum atomic E-state index is 12.0. The maximum Gasteiger partial charge on any atom is 0.306 e. The molecule has 0 bridgehead atoms. The topological polar surface area (TPSA) is 104 Å². The van der Waals surface area contributed by atoms with E-state index >= 15 is 0 Å². The van der Waals surface area contributed by atoms with Gasteiger partial charge >= 0.3 is 11.9 Å². The molecule has 0 aromatic carbocycles. The van der Waals surface area contributed by atoms with Crippen LogP contribution in [0.15, 0.2) is 0 Å². The summed E-state index contributed by atoms with van der Waals surface area (Å²) in [4.78, 5) is 33.3. The third kappa shape index (κ3) is 22.9. The van der Waals surface area contributed by atoms with Crippen LogP contribution >= 0.6 is 0 Å². The van der Waals surface area contributed by atoms with Crippen LogP contribution in [0.5, 0.6) is 0 Å². The van der Waals surface area contributed by atoms with Gasteiger partial charge < -0.3 is 24.2 Å². The third-order valence-corrected chi connectivity index (χ3v) is 5.22. The Bertz CT molecular complexity index is 501. The Hall–Kier alpha value is -1.63. The predicted octanol–water partition coefficient (Wildman–Crippen LogP) is 3.68. The molecule has 0 amide bonds. The molecule has 1 N–H and O–H groups in total. The molecule has 7 nitrogen and oxygen atoms in total. The highest BCUT2D eigenvalue weighted by Crippen LogP contribution is 2.14. The smallest absolute Gasteiger partial charge is 0.306 e. The van der Waals surface area contributed by atoms with Gasteiger partial charge in [0.25, 0.3) is 0 Å². The minimum Gasteiger partial charge on any atom is -0.550 e. The Morgan fingerprint density at radius 2 is 1.13 bits per heavy atom. The van der Waals surface area contributed by atoms with E-state index in [2.05, 4.69) is 0 Å². The summed E-state index contributed by atoms with van der Waals surface area (Å²) >= 11 is 0. The number of unbranched alkanes of at least 4 members (excludes halogenated alkanes) is 12. The van der Waals surface area contributed by atoms with Crippen molar-refractivity contribution < 1.29 is 33.8 Å². The lowest BCUT2D eigenvalue weighted by Gasteiger charge is -2.29. The van der Waals surface area contributed by atoms with Gasteiger partial charge in [-0.2, -0.15) is 0 Å². The molecule has 0 fully saturated rings. The summed E-state index contributed by atoms with van der Waals surface area (Å²) in [5.41, 5.74) is 0. The summed E-state index contributed by atoms with van der Waals surface area (Å²) in [5.74, 6) is -2.21. The van der Waals surface area contributed by atoms with E-state index < -0.39 is 18.0 Å². The number of aliphatic carboxylic acids is 2. The monoisotopic (exact) mass is 443 g/mol. The van der Waals surface area contributed by atoms with Gasteiger partial charge in [-0.1, -0.05) is 70.6 Å². The number of carboxylic acid groups (broad SMARTS) is 2. The van der Waals surface area contributed by atoms with Crippen molar-refractivity contribution in [1.29, 1.82) is 0 Å². The van der Waals surface area contributed by atoms with E-state index in [1.807, 2.05) is 21.1 Å². The van der Waals surface area contributed by atoms with Crippen LogP contribution < -0.4 is 5.11 Å². The summed E-state index contributed by atoms with van der Waals surface area (Å²) in [7, 11) is 5.80. The van der Waals surface area contributed by atoms with Gasteiger partial charge in [0.05, 0.1) is 21.1 Å². The number of likely N-dealkylation sites (N-methyl/N-ethyl adjacent to an activating group) is 1. The Kier molecular flexibility index (Phi) is 17.0. The number of carbonyl (C=O) groups excluding carboxylic acids is 2. The first-order valence-electron chi connectivity index (χ1n) is 12.0. The number of carbonyl (C=O) groups is 3. The first kappa shape index (κ1) is 29.4. The number of carboxylic acids is 2. The van der Waals surface area contributed by atoms with Gasteiger partial charge in [0, 0.05) is 25.2 Å². The first-order chi connectivity index (χ1) is 14.6. The number of esters is 1. The minimum absolute atomic E-state index is 0.258. The fourth-order valence-electron chi connectivity index (χ4n) is 3.68. The number of nitrogens with zero attached hydrogens (tertiary/aromatic N) is 1. The Morgan fingerprint density at radius 3 is 1.48 bits per heavy atom. The fourth-order valence-corrected chi connectivity index (χ4v) is 3.68. The van der Waals surface area contributed by atoms with Gasteiger partial charge in [-0.25, -0.2) is 0 Å². The van der Waals surface area contributed by atoms with Gasteiger partial charge in [-0.3, -0.25) is 9.59 Å². The fraction of sp³-hybridized carbons (Fsp3) is 0.875. The summed E-state index contributed by atoms with van der Waals surface area (Å²) in [6.45, 7) is 0.449. The molecule has 0 radical (unpaired) electrons. The van der Waals surface area contributed by atoms with E-state index in [1.54, 1.807) is 0 Å². The number of hydrogen-bond donors (Lipinski definition) is 1. The average Bonchev–Trinajstić information content (AvgIpc) is 2.62. The van der Waals surface area contributed by atoms with Crippen molar-refractivity contribution in [2.24, 2.45) is 0 Å². The summed E-state index contributed by atoms with van der Waals surface area (Å²) in [6, 6.07) is 0. The maximum absolute atomic E-state index is 12.0. The van der Waals surface area contributed by atoms with Crippen molar-refractivity contribution in [3.05, 3.63) is 0 Å². The molecule has 0 heterocycles. The zero-order chi connectivity index (χ0) is 23.5. The molecule has 0 saturated carbocycles. The van der Waals surface area contributed by atoms with Gasteiger partial charge in [-0.05, 0) is 12.8 Å². The van der Waals surface area contributed by atoms with E-state index in [0.29, 0.717) is 23.9 Å². The quantitative estimate of drug-likeness (QED) is 0.165. The number of hydrogen-bond acceptors (Lipinski definition) is 5. The Labute approximate surface area is 188 Å². The lowest BCUT2D eigenvalue weighted by atomic mass is 10.0. The first-order valence-corrected chi connectivity index (χ1v) is 12.0. The van der Waals surface area contributed by atoms with Crippen LogP contribution in [0.25, 0.3) is 0 Å². The second-order valence-corrected chi connectivity index (χ2v) is 9.65. The summed E-state index contributed by atoms with van der Waals surface area (Å²) in [5, 5.41) is 19.4. The Balaban J connectivity index is 3.55. The highest BCUT2D eigenvalue weighted by atomic mass is 16.5. The van der Waals surface area contributed by atoms with Crippen molar-refractivity contribution in [3.63, 3.8) is 0 Å². The zero-order valence-electron chi connectivity index (χ0n) is 20.0. The SMILES string of the molecule is C[N+](C)(C)C[C@@H](CC(=O)[O-])OC(=O)CCCCCCCCCCCCCCCC(=O)O. The van der Waals surface area contributed by atoms with Crippen molar-refractivity contribution in [2.75, 3.05) is 27.7 Å². The van der Waals surface area contributed by atoms with E-state index in [0.717, 1.165) is 38.5 Å². The predicted molar refractivity (Wildman–Crippen MR) is 119 cm³/mol. The average molecular weight is 444 g/mol. The Morgan fingerprint density at radius 1 is 0.742 bits per heavy atom. The highest BCUT2D eigenvalue weighted by Gasteiger charge is 2.22. The van der Waals surface area contributed by atoms with Gasteiger partial charge in [0.15, 0.2) is 6.10 Å². The molecule has 7 heteroatoms. The summed E-state index contributed by atoms with van der Waals surface area (Å²) < 4.78 is 5.89. The lowest BCUT2D eigenvalue weighted by Crippen LogP contribution is -2.45. The van der Waals surface area contributed by atoms with Crippen LogP contribution in [-0.2, 0) is 19.1 Å². The van der Waals surface area contributed by atoms with Crippen LogP contribution in [0, 0.1) is 0 Å². The molecule has 0 aliphatic heterocycles. The van der Waals surface area contributed by atoms with E-state index in [-0.39, 0.29) is 12.4 Å². The molecule has 31 heavy (non-hydrogen) atoms. The van der Waals surface area contributed by atoms with Crippen LogP contribution in [0.3, 0.4) is 0 Å². The normalized spacial score (nSPS) is 12.5. The molecule has 182 valence electrons. The van der Waals surface area contributed by atoms with Crippen molar-refractivity contribution in [3.8, 4) is 0 Å². The lowest BCUT2D eigenvalue weighted by molar-refractivity contribution is -0.873. The van der Waals surface area contributed by atoms with Crippen LogP contribution in [0.2, 0.25) is 0 Å². The molecular weight excluding hydrogens is 398 g/mol. The molecule has 0 spiro atoms. The zero-order valence-corrected chi connectivity index (χ0v) is 20.0. The summed E-state index contributed by atoms with van der Waals surface area (Å²) in [6.07, 6.45) is 14.2. The molecule has 0 rings (SSSR count). The second-order valence-electron chi connectivity index (χ2n) is 9.65. The third-order valence-electron chi connectivity index (χ3n) is 5.22. The number of rotatable bonds is 21. The van der Waals surface area contributed by atoms with Crippen molar-refractivity contribution >= 4 is 17.9 Å². The van der Waals surface area contributed by atoms with E-state index in [4.69, 9.17) is 9.84 Å². The molecule has 0 saturated heterocycles. The van der Waals surface area contributed by atoms with Crippen molar-refractivity contribution in [1.82, 2.24) is 0 Å².